The zero-order valence-corrected chi connectivity index (χ0v) is 7.24. The first-order chi connectivity index (χ1) is 6.20. The van der Waals surface area contributed by atoms with Crippen LogP contribution in [0.1, 0.15) is 11.4 Å². The maximum Gasteiger partial charge on any atom is 0.272 e. The molecule has 0 aromatic carbocycles. The van der Waals surface area contributed by atoms with Crippen LogP contribution in [0.25, 0.3) is 5.65 Å². The van der Waals surface area contributed by atoms with E-state index in [0.29, 0.717) is 11.3 Å². The Hall–Kier alpha value is -1.62. The fraction of sp³-hybridized carbons (Fsp3) is 0.250. The molecular weight excluding hydrogens is 168 g/mol. The molecule has 0 radical (unpaired) electrons. The summed E-state index contributed by atoms with van der Waals surface area (Å²) in [6.45, 7) is 2.16. The Morgan fingerprint density at radius 2 is 2.38 bits per heavy atom. The number of fused-ring (bicyclic) bond motifs is 1. The highest BCUT2D eigenvalue weighted by Gasteiger charge is 2.02. The van der Waals surface area contributed by atoms with Crippen molar-refractivity contribution in [2.75, 3.05) is 0 Å². The summed E-state index contributed by atoms with van der Waals surface area (Å²) in [4.78, 5) is 15.6. The number of nitrogens with one attached hydrogen (secondary N) is 1. The molecule has 0 saturated heterocycles. The van der Waals surface area contributed by atoms with Crippen molar-refractivity contribution in [2.45, 2.75) is 13.5 Å². The molecule has 0 aliphatic carbocycles. The van der Waals surface area contributed by atoms with Gasteiger partial charge in [-0.1, -0.05) is 0 Å². The van der Waals surface area contributed by atoms with Crippen LogP contribution in [0, 0.1) is 6.92 Å². The maximum atomic E-state index is 11.4. The fourth-order valence-electron chi connectivity index (χ4n) is 1.27. The molecule has 2 rings (SSSR count). The molecule has 0 unspecified atom stereocenters. The van der Waals surface area contributed by atoms with Crippen LogP contribution in [0.2, 0.25) is 0 Å². The first-order valence-corrected chi connectivity index (χ1v) is 3.99. The van der Waals surface area contributed by atoms with Gasteiger partial charge in [-0.3, -0.25) is 9.89 Å². The molecule has 2 aromatic heterocycles. The van der Waals surface area contributed by atoms with Gasteiger partial charge in [-0.15, -0.1) is 0 Å². The van der Waals surface area contributed by atoms with Gasteiger partial charge in [0.2, 0.25) is 0 Å². The zero-order chi connectivity index (χ0) is 9.42. The van der Waals surface area contributed by atoms with Gasteiger partial charge in [0, 0.05) is 24.4 Å². The van der Waals surface area contributed by atoms with Crippen LogP contribution < -0.4 is 11.3 Å². The van der Waals surface area contributed by atoms with Gasteiger partial charge in [0.25, 0.3) is 5.56 Å². The van der Waals surface area contributed by atoms with Gasteiger partial charge in [0.1, 0.15) is 0 Å². The van der Waals surface area contributed by atoms with Gasteiger partial charge in [-0.05, 0) is 6.92 Å². The molecule has 68 valence electrons. The third kappa shape index (κ3) is 1.23. The Morgan fingerprint density at radius 1 is 1.62 bits per heavy atom. The van der Waals surface area contributed by atoms with Crippen molar-refractivity contribution < 1.29 is 0 Å². The van der Waals surface area contributed by atoms with Crippen molar-refractivity contribution in [3.63, 3.8) is 0 Å². The number of nitrogens with zero attached hydrogens (tertiary/aromatic N) is 2. The molecule has 5 nitrogen and oxygen atoms in total. The van der Waals surface area contributed by atoms with Crippen LogP contribution in [0.15, 0.2) is 16.9 Å². The van der Waals surface area contributed by atoms with Crippen LogP contribution in [0.3, 0.4) is 0 Å². The van der Waals surface area contributed by atoms with E-state index < -0.39 is 0 Å². The number of aromatic nitrogens is 3. The summed E-state index contributed by atoms with van der Waals surface area (Å²) in [6.07, 6.45) is 0. The molecule has 5 heteroatoms. The number of aromatic amines is 1. The van der Waals surface area contributed by atoms with E-state index in [1.54, 1.807) is 6.07 Å². The number of rotatable bonds is 1. The lowest BCUT2D eigenvalue weighted by molar-refractivity contribution is 0.857. The Balaban J connectivity index is 2.83. The summed E-state index contributed by atoms with van der Waals surface area (Å²) in [5.74, 6) is 0. The van der Waals surface area contributed by atoms with Crippen molar-refractivity contribution >= 4 is 5.65 Å². The third-order valence-corrected chi connectivity index (χ3v) is 1.84. The van der Waals surface area contributed by atoms with E-state index in [4.69, 9.17) is 5.73 Å². The lowest BCUT2D eigenvalue weighted by atomic mass is 10.4. The number of hydrogen-bond donors (Lipinski definition) is 2. The van der Waals surface area contributed by atoms with Crippen molar-refractivity contribution in [3.05, 3.63) is 33.9 Å². The van der Waals surface area contributed by atoms with Crippen molar-refractivity contribution in [1.29, 1.82) is 0 Å². The second-order valence-corrected chi connectivity index (χ2v) is 2.92. The van der Waals surface area contributed by atoms with Crippen molar-refractivity contribution in [2.24, 2.45) is 5.73 Å². The van der Waals surface area contributed by atoms with E-state index in [1.165, 1.54) is 10.6 Å². The Labute approximate surface area is 74.2 Å². The molecule has 0 atom stereocenters. The maximum absolute atomic E-state index is 11.4. The van der Waals surface area contributed by atoms with E-state index in [9.17, 15) is 4.79 Å². The molecule has 0 spiro atoms. The fourth-order valence-corrected chi connectivity index (χ4v) is 1.27. The Kier molecular flexibility index (Phi) is 1.66. The molecule has 0 bridgehead atoms. The molecule has 0 aliphatic heterocycles. The lowest BCUT2D eigenvalue weighted by Crippen LogP contribution is -2.16. The molecule has 2 heterocycles. The average Bonchev–Trinajstić information content (AvgIpc) is 2.46. The summed E-state index contributed by atoms with van der Waals surface area (Å²) in [6, 6.07) is 3.24. The van der Waals surface area contributed by atoms with Gasteiger partial charge in [-0.25, -0.2) is 9.50 Å². The molecule has 0 amide bonds. The first kappa shape index (κ1) is 8.00. The highest BCUT2D eigenvalue weighted by atomic mass is 16.1. The standard InChI is InChI=1S/C8H10N4O/c1-5-2-7-10-6(4-9)3-8(13)12(7)11-5/h2-3,11H,4,9H2,1H3. The highest BCUT2D eigenvalue weighted by molar-refractivity contribution is 5.39. The van der Waals surface area contributed by atoms with Crippen molar-refractivity contribution in [1.82, 2.24) is 14.6 Å². The lowest BCUT2D eigenvalue weighted by Gasteiger charge is -1.95. The first-order valence-electron chi connectivity index (χ1n) is 3.99. The second kappa shape index (κ2) is 2.70. The van der Waals surface area contributed by atoms with E-state index in [-0.39, 0.29) is 12.1 Å². The molecule has 0 fully saturated rings. The summed E-state index contributed by atoms with van der Waals surface area (Å²) >= 11 is 0. The van der Waals surface area contributed by atoms with Gasteiger partial charge < -0.3 is 5.73 Å². The minimum atomic E-state index is -0.126. The molecule has 0 saturated carbocycles. The van der Waals surface area contributed by atoms with Crippen LogP contribution in [0.5, 0.6) is 0 Å². The van der Waals surface area contributed by atoms with E-state index in [0.717, 1.165) is 5.69 Å². The number of aryl methyl sites for hydroxylation is 1. The second-order valence-electron chi connectivity index (χ2n) is 2.92. The predicted molar refractivity (Wildman–Crippen MR) is 48.4 cm³/mol. The topological polar surface area (TPSA) is 76.2 Å². The molecule has 3 N–H and O–H groups in total. The Morgan fingerprint density at radius 3 is 3.08 bits per heavy atom. The van der Waals surface area contributed by atoms with Crippen LogP contribution in [-0.4, -0.2) is 14.6 Å². The normalized spacial score (nSPS) is 10.9. The summed E-state index contributed by atoms with van der Waals surface area (Å²) in [5, 5.41) is 2.88. The third-order valence-electron chi connectivity index (χ3n) is 1.84. The quantitative estimate of drug-likeness (QED) is 0.634. The number of hydrogen-bond acceptors (Lipinski definition) is 3. The van der Waals surface area contributed by atoms with Crippen LogP contribution >= 0.6 is 0 Å². The summed E-state index contributed by atoms with van der Waals surface area (Å²) in [7, 11) is 0. The number of nitrogens with two attached hydrogens (primary N) is 1. The van der Waals surface area contributed by atoms with E-state index in [1.807, 2.05) is 6.92 Å². The molecular formula is C8H10N4O. The predicted octanol–water partition coefficient (Wildman–Crippen LogP) is -0.210. The summed E-state index contributed by atoms with van der Waals surface area (Å²) < 4.78 is 1.40. The molecule has 2 aromatic rings. The monoisotopic (exact) mass is 178 g/mol. The largest absolute Gasteiger partial charge is 0.325 e. The Bertz CT molecular complexity index is 496. The van der Waals surface area contributed by atoms with E-state index >= 15 is 0 Å². The average molecular weight is 178 g/mol. The highest BCUT2D eigenvalue weighted by Crippen LogP contribution is 2.00. The molecule has 13 heavy (non-hydrogen) atoms. The van der Waals surface area contributed by atoms with Gasteiger partial charge in [0.05, 0.1) is 5.69 Å². The van der Waals surface area contributed by atoms with Gasteiger partial charge >= 0.3 is 0 Å². The van der Waals surface area contributed by atoms with Crippen LogP contribution in [-0.2, 0) is 6.54 Å². The van der Waals surface area contributed by atoms with Gasteiger partial charge in [-0.2, -0.15) is 0 Å². The smallest absolute Gasteiger partial charge is 0.272 e. The van der Waals surface area contributed by atoms with Crippen LogP contribution in [0.4, 0.5) is 0 Å². The molecule has 0 aliphatic rings. The SMILES string of the molecule is Cc1cc2nc(CN)cc(=O)n2[nH]1. The zero-order valence-electron chi connectivity index (χ0n) is 7.24. The number of H-pyrrole nitrogens is 1. The minimum Gasteiger partial charge on any atom is -0.325 e. The van der Waals surface area contributed by atoms with Gasteiger partial charge in [0.15, 0.2) is 5.65 Å². The minimum absolute atomic E-state index is 0.126. The van der Waals surface area contributed by atoms with E-state index in [2.05, 4.69) is 10.1 Å². The summed E-state index contributed by atoms with van der Waals surface area (Å²) in [5.41, 5.74) is 7.40. The van der Waals surface area contributed by atoms with Crippen molar-refractivity contribution in [3.8, 4) is 0 Å².